The molecule has 0 unspecified atom stereocenters. The summed E-state index contributed by atoms with van der Waals surface area (Å²) in [6.07, 6.45) is 2.62. The second-order valence-electron chi connectivity index (χ2n) is 3.24. The summed E-state index contributed by atoms with van der Waals surface area (Å²) in [5, 5.41) is 8.55. The van der Waals surface area contributed by atoms with Crippen molar-refractivity contribution >= 4 is 12.0 Å². The molecule has 0 radical (unpaired) electrons. The van der Waals surface area contributed by atoms with Gasteiger partial charge >= 0.3 is 5.97 Å². The largest absolute Gasteiger partial charge is 0.493 e. The van der Waals surface area contributed by atoms with Gasteiger partial charge in [0.1, 0.15) is 0 Å². The van der Waals surface area contributed by atoms with Crippen molar-refractivity contribution in [3.8, 4) is 11.5 Å². The lowest BCUT2D eigenvalue weighted by atomic mass is 10.1. The molecule has 4 heteroatoms. The molecule has 0 fully saturated rings. The molecule has 0 aromatic heterocycles. The number of aryl methyl sites for hydroxylation is 1. The highest BCUT2D eigenvalue weighted by molar-refractivity contribution is 5.85. The molecule has 0 saturated heterocycles. The summed E-state index contributed by atoms with van der Waals surface area (Å²) in [5.41, 5.74) is 1.72. The number of carboxylic acid groups (broad SMARTS) is 1. The fourth-order valence-corrected chi connectivity index (χ4v) is 1.34. The first-order chi connectivity index (χ1) is 7.58. The normalized spacial score (nSPS) is 10.4. The molecule has 0 aliphatic rings. The highest BCUT2D eigenvalue weighted by Crippen LogP contribution is 2.30. The molecule has 0 saturated carbocycles. The van der Waals surface area contributed by atoms with E-state index in [0.29, 0.717) is 11.5 Å². The molecule has 0 aliphatic carbocycles. The molecule has 1 rings (SSSR count). The van der Waals surface area contributed by atoms with Crippen LogP contribution < -0.4 is 9.47 Å². The average Bonchev–Trinajstić information content (AvgIpc) is 2.26. The third-order valence-electron chi connectivity index (χ3n) is 2.18. The number of methoxy groups -OCH3 is 2. The van der Waals surface area contributed by atoms with Crippen molar-refractivity contribution in [2.75, 3.05) is 14.2 Å². The molecule has 1 aromatic rings. The Hall–Kier alpha value is -1.97. The summed E-state index contributed by atoms with van der Waals surface area (Å²) in [4.78, 5) is 10.4. The van der Waals surface area contributed by atoms with Gasteiger partial charge < -0.3 is 14.6 Å². The van der Waals surface area contributed by atoms with Gasteiger partial charge in [-0.15, -0.1) is 0 Å². The lowest BCUT2D eigenvalue weighted by molar-refractivity contribution is -0.131. The maximum atomic E-state index is 10.4. The molecule has 16 heavy (non-hydrogen) atoms. The average molecular weight is 222 g/mol. The molecule has 0 amide bonds. The van der Waals surface area contributed by atoms with Crippen molar-refractivity contribution in [2.24, 2.45) is 0 Å². The topological polar surface area (TPSA) is 55.8 Å². The van der Waals surface area contributed by atoms with E-state index < -0.39 is 5.97 Å². The highest BCUT2D eigenvalue weighted by Gasteiger charge is 2.06. The zero-order valence-electron chi connectivity index (χ0n) is 9.48. The van der Waals surface area contributed by atoms with E-state index in [1.54, 1.807) is 19.2 Å². The fraction of sp³-hybridized carbons (Fsp3) is 0.250. The third-order valence-corrected chi connectivity index (χ3v) is 2.18. The maximum absolute atomic E-state index is 10.4. The molecule has 4 nitrogen and oxygen atoms in total. The van der Waals surface area contributed by atoms with Crippen LogP contribution in [-0.4, -0.2) is 25.3 Å². The number of carbonyl (C=O) groups is 1. The first-order valence-electron chi connectivity index (χ1n) is 4.72. The molecule has 0 aliphatic heterocycles. The van der Waals surface area contributed by atoms with Crippen LogP contribution in [0.4, 0.5) is 0 Å². The lowest BCUT2D eigenvalue weighted by Crippen LogP contribution is -1.93. The van der Waals surface area contributed by atoms with Crippen LogP contribution in [-0.2, 0) is 4.79 Å². The Kier molecular flexibility index (Phi) is 3.94. The van der Waals surface area contributed by atoms with Gasteiger partial charge in [0.2, 0.25) is 0 Å². The summed E-state index contributed by atoms with van der Waals surface area (Å²) in [6, 6.07) is 3.55. The maximum Gasteiger partial charge on any atom is 0.328 e. The van der Waals surface area contributed by atoms with Crippen molar-refractivity contribution in [3.63, 3.8) is 0 Å². The van der Waals surface area contributed by atoms with E-state index in [9.17, 15) is 4.79 Å². The van der Waals surface area contributed by atoms with E-state index in [1.807, 2.05) is 6.92 Å². The molecule has 1 N–H and O–H groups in total. The van der Waals surface area contributed by atoms with Crippen LogP contribution in [0.15, 0.2) is 18.2 Å². The monoisotopic (exact) mass is 222 g/mol. The smallest absolute Gasteiger partial charge is 0.328 e. The minimum Gasteiger partial charge on any atom is -0.493 e. The SMILES string of the molecule is COc1cc(C)c(C=CC(=O)O)cc1OC. The minimum atomic E-state index is -0.978. The minimum absolute atomic E-state index is 0.582. The predicted molar refractivity (Wildman–Crippen MR) is 61.0 cm³/mol. The summed E-state index contributed by atoms with van der Waals surface area (Å²) in [7, 11) is 3.10. The number of benzene rings is 1. The molecular weight excluding hydrogens is 208 g/mol. The van der Waals surface area contributed by atoms with Crippen LogP contribution in [0.2, 0.25) is 0 Å². The Balaban J connectivity index is 3.16. The third kappa shape index (κ3) is 2.76. The molecule has 86 valence electrons. The van der Waals surface area contributed by atoms with E-state index >= 15 is 0 Å². The van der Waals surface area contributed by atoms with Gasteiger partial charge in [-0.1, -0.05) is 0 Å². The van der Waals surface area contributed by atoms with Crippen molar-refractivity contribution in [2.45, 2.75) is 6.92 Å². The van der Waals surface area contributed by atoms with Crippen molar-refractivity contribution in [1.82, 2.24) is 0 Å². The molecule has 1 aromatic carbocycles. The number of ether oxygens (including phenoxy) is 2. The summed E-state index contributed by atoms with van der Waals surface area (Å²) in [6.45, 7) is 1.88. The number of aliphatic carboxylic acids is 1. The highest BCUT2D eigenvalue weighted by atomic mass is 16.5. The van der Waals surface area contributed by atoms with Crippen LogP contribution >= 0.6 is 0 Å². The fourth-order valence-electron chi connectivity index (χ4n) is 1.34. The second kappa shape index (κ2) is 5.21. The Bertz CT molecular complexity index is 421. The van der Waals surface area contributed by atoms with Crippen molar-refractivity contribution in [3.05, 3.63) is 29.3 Å². The quantitative estimate of drug-likeness (QED) is 0.793. The van der Waals surface area contributed by atoms with Crippen LogP contribution in [0.1, 0.15) is 11.1 Å². The second-order valence-corrected chi connectivity index (χ2v) is 3.24. The van der Waals surface area contributed by atoms with E-state index in [0.717, 1.165) is 17.2 Å². The summed E-state index contributed by atoms with van der Waals surface area (Å²) in [5.74, 6) is 0.236. The summed E-state index contributed by atoms with van der Waals surface area (Å²) < 4.78 is 10.3. The molecule has 0 spiro atoms. The van der Waals surface area contributed by atoms with E-state index in [1.165, 1.54) is 13.2 Å². The van der Waals surface area contributed by atoms with Gasteiger partial charge in [-0.2, -0.15) is 0 Å². The van der Waals surface area contributed by atoms with Gasteiger partial charge in [0.25, 0.3) is 0 Å². The zero-order valence-corrected chi connectivity index (χ0v) is 9.48. The Morgan fingerprint density at radius 3 is 2.31 bits per heavy atom. The first kappa shape index (κ1) is 12.1. The van der Waals surface area contributed by atoms with Gasteiger partial charge in [0, 0.05) is 6.08 Å². The van der Waals surface area contributed by atoms with Gasteiger partial charge in [0.05, 0.1) is 14.2 Å². The molecule has 0 bridgehead atoms. The molecule has 0 heterocycles. The van der Waals surface area contributed by atoms with Crippen molar-refractivity contribution < 1.29 is 19.4 Å². The Labute approximate surface area is 94.1 Å². The standard InChI is InChI=1S/C12H14O4/c1-8-6-10(15-2)11(16-3)7-9(8)4-5-12(13)14/h4-7H,1-3H3,(H,13,14). The first-order valence-corrected chi connectivity index (χ1v) is 4.72. The van der Waals surface area contributed by atoms with Crippen LogP contribution in [0, 0.1) is 6.92 Å². The summed E-state index contributed by atoms with van der Waals surface area (Å²) >= 11 is 0. The number of hydrogen-bond acceptors (Lipinski definition) is 3. The van der Waals surface area contributed by atoms with Gasteiger partial charge in [-0.3, -0.25) is 0 Å². The lowest BCUT2D eigenvalue weighted by Gasteiger charge is -2.10. The van der Waals surface area contributed by atoms with Gasteiger partial charge in [0.15, 0.2) is 11.5 Å². The molecule has 0 atom stereocenters. The van der Waals surface area contributed by atoms with Crippen LogP contribution in [0.25, 0.3) is 6.08 Å². The number of carboxylic acids is 1. The Morgan fingerprint density at radius 2 is 1.81 bits per heavy atom. The predicted octanol–water partition coefficient (Wildman–Crippen LogP) is 2.11. The van der Waals surface area contributed by atoms with E-state index in [4.69, 9.17) is 14.6 Å². The zero-order chi connectivity index (χ0) is 12.1. The van der Waals surface area contributed by atoms with Gasteiger partial charge in [-0.25, -0.2) is 4.79 Å². The molecular formula is C12H14O4. The van der Waals surface area contributed by atoms with E-state index in [-0.39, 0.29) is 0 Å². The number of rotatable bonds is 4. The van der Waals surface area contributed by atoms with E-state index in [2.05, 4.69) is 0 Å². The number of hydrogen-bond donors (Lipinski definition) is 1. The van der Waals surface area contributed by atoms with Gasteiger partial charge in [-0.05, 0) is 36.3 Å². The van der Waals surface area contributed by atoms with Crippen LogP contribution in [0.5, 0.6) is 11.5 Å². The van der Waals surface area contributed by atoms with Crippen LogP contribution in [0.3, 0.4) is 0 Å². The van der Waals surface area contributed by atoms with Crippen molar-refractivity contribution in [1.29, 1.82) is 0 Å². The Morgan fingerprint density at radius 1 is 1.25 bits per heavy atom.